The van der Waals surface area contributed by atoms with Crippen molar-refractivity contribution in [2.75, 3.05) is 4.90 Å². The third kappa shape index (κ3) is 3.81. The first-order chi connectivity index (χ1) is 15.9. The Labute approximate surface area is 187 Å². The fourth-order valence-corrected chi connectivity index (χ4v) is 3.73. The highest BCUT2D eigenvalue weighted by Crippen LogP contribution is 2.33. The molecule has 11 heteroatoms. The summed E-state index contributed by atoms with van der Waals surface area (Å²) in [6.45, 7) is 3.89. The van der Waals surface area contributed by atoms with Crippen LogP contribution >= 0.6 is 0 Å². The van der Waals surface area contributed by atoms with Crippen LogP contribution < -0.4 is 9.64 Å². The molecule has 1 aromatic heterocycles. The number of imide groups is 1. The van der Waals surface area contributed by atoms with Gasteiger partial charge in [-0.1, -0.05) is 10.4 Å². The number of hydrogen-bond acceptors (Lipinski definition) is 9. The minimum atomic E-state index is -0.974. The highest BCUT2D eigenvalue weighted by molar-refractivity contribution is 6.25. The Hall–Kier alpha value is -4.15. The second-order valence-electron chi connectivity index (χ2n) is 7.88. The van der Waals surface area contributed by atoms with E-state index in [1.807, 2.05) is 38.1 Å². The molecule has 2 aliphatic rings. The van der Waals surface area contributed by atoms with Gasteiger partial charge in [0.15, 0.2) is 12.1 Å². The summed E-state index contributed by atoms with van der Waals surface area (Å²) in [6.07, 6.45) is 0.0650. The van der Waals surface area contributed by atoms with E-state index < -0.39 is 29.7 Å². The van der Waals surface area contributed by atoms with Crippen molar-refractivity contribution >= 4 is 17.5 Å². The van der Waals surface area contributed by atoms with E-state index in [9.17, 15) is 14.0 Å². The van der Waals surface area contributed by atoms with Crippen molar-refractivity contribution < 1.29 is 23.2 Å². The van der Waals surface area contributed by atoms with Crippen LogP contribution in [-0.4, -0.2) is 45.2 Å². The van der Waals surface area contributed by atoms with E-state index in [1.54, 1.807) is 0 Å². The molecule has 1 saturated heterocycles. The minimum absolute atomic E-state index is 0.00247. The van der Waals surface area contributed by atoms with E-state index in [4.69, 9.17) is 9.26 Å². The van der Waals surface area contributed by atoms with Gasteiger partial charge in [0.05, 0.1) is 11.8 Å². The average Bonchev–Trinajstić information content (AvgIpc) is 3.48. The highest BCUT2D eigenvalue weighted by Gasteiger charge is 2.55. The number of fused-ring (bicyclic) bond motifs is 1. The standard InChI is InChI=1S/C22H19FN6O4/c1-12(2)32-16-9-3-13(4-10-16)20-24-17(33-26-20)11-28-19-18(25-27-28)21(30)29(22(19)31)15-7-5-14(23)6-8-15/h3-10,12,18-19H,11H2,1-2H3/t18-,19-/m0/s1. The molecule has 2 amide bonds. The van der Waals surface area contributed by atoms with E-state index in [0.29, 0.717) is 5.82 Å². The molecule has 3 aromatic rings. The van der Waals surface area contributed by atoms with Crippen molar-refractivity contribution in [3.8, 4) is 17.1 Å². The van der Waals surface area contributed by atoms with Crippen molar-refractivity contribution in [2.45, 2.75) is 38.6 Å². The highest BCUT2D eigenvalue weighted by atomic mass is 19.1. The molecule has 5 rings (SSSR count). The van der Waals surface area contributed by atoms with E-state index >= 15 is 0 Å². The maximum atomic E-state index is 13.2. The summed E-state index contributed by atoms with van der Waals surface area (Å²) in [6, 6.07) is 10.5. The maximum absolute atomic E-state index is 13.2. The molecular formula is C22H19FN6O4. The lowest BCUT2D eigenvalue weighted by molar-refractivity contribution is -0.123. The van der Waals surface area contributed by atoms with Gasteiger partial charge in [-0.05, 0) is 62.4 Å². The van der Waals surface area contributed by atoms with Crippen LogP contribution in [0.25, 0.3) is 11.4 Å². The van der Waals surface area contributed by atoms with Gasteiger partial charge in [-0.15, -0.1) is 0 Å². The van der Waals surface area contributed by atoms with Gasteiger partial charge in [-0.2, -0.15) is 10.1 Å². The lowest BCUT2D eigenvalue weighted by Crippen LogP contribution is -2.39. The lowest BCUT2D eigenvalue weighted by Gasteiger charge is -2.19. The van der Waals surface area contributed by atoms with Gasteiger partial charge in [0.1, 0.15) is 18.1 Å². The molecule has 168 valence electrons. The monoisotopic (exact) mass is 450 g/mol. The summed E-state index contributed by atoms with van der Waals surface area (Å²) in [4.78, 5) is 31.1. The lowest BCUT2D eigenvalue weighted by atomic mass is 10.1. The molecule has 2 aliphatic heterocycles. The summed E-state index contributed by atoms with van der Waals surface area (Å²) in [5, 5.41) is 13.3. The summed E-state index contributed by atoms with van der Waals surface area (Å²) in [5.41, 5.74) is 1.01. The molecule has 0 bridgehead atoms. The molecule has 0 saturated carbocycles. The molecule has 0 spiro atoms. The average molecular weight is 450 g/mol. The van der Waals surface area contributed by atoms with Crippen molar-refractivity contribution in [1.29, 1.82) is 0 Å². The zero-order valence-electron chi connectivity index (χ0n) is 17.8. The second kappa shape index (κ2) is 8.08. The molecule has 0 radical (unpaired) electrons. The molecule has 10 nitrogen and oxygen atoms in total. The van der Waals surface area contributed by atoms with Crippen LogP contribution in [-0.2, 0) is 16.1 Å². The zero-order chi connectivity index (χ0) is 23.1. The van der Waals surface area contributed by atoms with E-state index in [2.05, 4.69) is 20.5 Å². The fourth-order valence-electron chi connectivity index (χ4n) is 3.73. The summed E-state index contributed by atoms with van der Waals surface area (Å²) >= 11 is 0. The van der Waals surface area contributed by atoms with Crippen molar-refractivity contribution in [2.24, 2.45) is 10.3 Å². The van der Waals surface area contributed by atoms with E-state index in [0.717, 1.165) is 16.2 Å². The molecule has 33 heavy (non-hydrogen) atoms. The number of aromatic nitrogens is 2. The smallest absolute Gasteiger partial charge is 0.263 e. The normalized spacial score (nSPS) is 19.6. The maximum Gasteiger partial charge on any atom is 0.263 e. The Balaban J connectivity index is 1.31. The second-order valence-corrected chi connectivity index (χ2v) is 7.88. The molecule has 1 fully saturated rings. The van der Waals surface area contributed by atoms with Gasteiger partial charge in [0, 0.05) is 5.56 Å². The number of ether oxygens (including phenoxy) is 1. The molecule has 0 N–H and O–H groups in total. The van der Waals surface area contributed by atoms with Crippen LogP contribution in [0.15, 0.2) is 63.4 Å². The van der Waals surface area contributed by atoms with Crippen LogP contribution in [0.5, 0.6) is 5.75 Å². The van der Waals surface area contributed by atoms with E-state index in [-0.39, 0.29) is 24.2 Å². The molecule has 2 aromatic carbocycles. The number of amides is 2. The van der Waals surface area contributed by atoms with Gasteiger partial charge in [0.2, 0.25) is 11.7 Å². The number of carbonyl (C=O) groups excluding carboxylic acids is 2. The Morgan fingerprint density at radius 2 is 1.79 bits per heavy atom. The van der Waals surface area contributed by atoms with Gasteiger partial charge >= 0.3 is 0 Å². The number of nitrogens with zero attached hydrogens (tertiary/aromatic N) is 6. The summed E-state index contributed by atoms with van der Waals surface area (Å²) in [5.74, 6) is -0.159. The fraction of sp³-hybridized carbons (Fsp3) is 0.273. The third-order valence-corrected chi connectivity index (χ3v) is 5.19. The summed E-state index contributed by atoms with van der Waals surface area (Å²) in [7, 11) is 0. The van der Waals surface area contributed by atoms with Crippen molar-refractivity contribution in [3.05, 3.63) is 60.2 Å². The number of carbonyl (C=O) groups is 2. The van der Waals surface area contributed by atoms with Crippen LogP contribution in [0.4, 0.5) is 10.1 Å². The first-order valence-electron chi connectivity index (χ1n) is 10.3. The minimum Gasteiger partial charge on any atom is -0.491 e. The van der Waals surface area contributed by atoms with Crippen LogP contribution in [0, 0.1) is 5.82 Å². The number of rotatable bonds is 6. The SMILES string of the molecule is CC(C)Oc1ccc(-c2noc(CN3N=N[C@@H]4C(=O)N(c5ccc(F)cc5)C(=O)[C@H]43)n2)cc1. The van der Waals surface area contributed by atoms with E-state index in [1.165, 1.54) is 29.3 Å². The third-order valence-electron chi connectivity index (χ3n) is 5.19. The zero-order valence-corrected chi connectivity index (χ0v) is 17.8. The predicted octanol–water partition coefficient (Wildman–Crippen LogP) is 3.16. The van der Waals surface area contributed by atoms with Gasteiger partial charge in [0.25, 0.3) is 11.8 Å². The van der Waals surface area contributed by atoms with Gasteiger partial charge in [-0.3, -0.25) is 14.6 Å². The van der Waals surface area contributed by atoms with Crippen LogP contribution in [0.3, 0.4) is 0 Å². The Kier molecular flexibility index (Phi) is 5.08. The molecule has 0 aliphatic carbocycles. The van der Waals surface area contributed by atoms with Crippen molar-refractivity contribution in [1.82, 2.24) is 15.1 Å². The topological polar surface area (TPSA) is 113 Å². The van der Waals surface area contributed by atoms with Crippen LogP contribution in [0.1, 0.15) is 19.7 Å². The van der Waals surface area contributed by atoms with Crippen LogP contribution in [0.2, 0.25) is 0 Å². The first kappa shape index (κ1) is 20.7. The molecule has 0 unspecified atom stereocenters. The van der Waals surface area contributed by atoms with Crippen molar-refractivity contribution in [3.63, 3.8) is 0 Å². The molecular weight excluding hydrogens is 431 g/mol. The van der Waals surface area contributed by atoms with Gasteiger partial charge < -0.3 is 9.26 Å². The Morgan fingerprint density at radius 3 is 2.48 bits per heavy atom. The number of hydrogen-bond donors (Lipinski definition) is 0. The largest absolute Gasteiger partial charge is 0.491 e. The number of benzene rings is 2. The Morgan fingerprint density at radius 1 is 1.06 bits per heavy atom. The summed E-state index contributed by atoms with van der Waals surface area (Å²) < 4.78 is 24.2. The first-order valence-corrected chi connectivity index (χ1v) is 10.3. The molecule has 2 atom stereocenters. The Bertz CT molecular complexity index is 1220. The number of halogens is 1. The van der Waals surface area contributed by atoms with Gasteiger partial charge in [-0.25, -0.2) is 9.29 Å². The predicted molar refractivity (Wildman–Crippen MR) is 112 cm³/mol. The quantitative estimate of drug-likeness (QED) is 0.530. The number of anilines is 1. The molecule has 3 heterocycles.